The van der Waals surface area contributed by atoms with Crippen molar-refractivity contribution in [1.82, 2.24) is 10.2 Å². The quantitative estimate of drug-likeness (QED) is 0.297. The summed E-state index contributed by atoms with van der Waals surface area (Å²) in [7, 11) is -3.87. The third kappa shape index (κ3) is 8.35. The van der Waals surface area contributed by atoms with Crippen LogP contribution in [0.15, 0.2) is 72.8 Å². The van der Waals surface area contributed by atoms with Gasteiger partial charge in [0.1, 0.15) is 12.6 Å². The molecule has 0 heterocycles. The van der Waals surface area contributed by atoms with Crippen molar-refractivity contribution in [3.63, 3.8) is 0 Å². The Morgan fingerprint density at radius 3 is 2.26 bits per heavy atom. The lowest BCUT2D eigenvalue weighted by Crippen LogP contribution is -2.55. The van der Waals surface area contributed by atoms with E-state index in [0.717, 1.165) is 59.4 Å². The number of amides is 2. The van der Waals surface area contributed by atoms with Crippen LogP contribution in [0.5, 0.6) is 0 Å². The van der Waals surface area contributed by atoms with Crippen molar-refractivity contribution in [3.8, 4) is 0 Å². The third-order valence-electron chi connectivity index (χ3n) is 7.94. The number of anilines is 1. The number of nitrogens with one attached hydrogen (secondary N) is 1. The molecular weight excluding hydrogens is 570 g/mol. The largest absolute Gasteiger partial charge is 0.352 e. The van der Waals surface area contributed by atoms with Crippen LogP contribution in [-0.2, 0) is 32.6 Å². The molecule has 1 aliphatic carbocycles. The van der Waals surface area contributed by atoms with E-state index in [1.807, 2.05) is 61.5 Å². The van der Waals surface area contributed by atoms with E-state index in [0.29, 0.717) is 22.7 Å². The Labute approximate surface area is 254 Å². The molecule has 1 unspecified atom stereocenters. The highest BCUT2D eigenvalue weighted by Crippen LogP contribution is 2.27. The highest BCUT2D eigenvalue weighted by atomic mass is 35.5. The standard InChI is InChI=1S/C33H40ClN3O4S/c1-24-12-10-11-15-27(24)22-36(32(38)23-37(42(3,40)41)30-21-28(34)19-18-25(30)2)31(20-26-13-6-4-7-14-26)33(39)35-29-16-8-5-9-17-29/h4,6-7,10-15,18-19,21,29,31H,5,8-9,16-17,20,22-23H2,1-3H3,(H,35,39). The van der Waals surface area contributed by atoms with Gasteiger partial charge in [0.25, 0.3) is 0 Å². The Morgan fingerprint density at radius 2 is 1.60 bits per heavy atom. The molecule has 1 atom stereocenters. The van der Waals surface area contributed by atoms with Crippen molar-refractivity contribution in [1.29, 1.82) is 0 Å². The number of benzene rings is 3. The van der Waals surface area contributed by atoms with E-state index in [9.17, 15) is 18.0 Å². The first-order chi connectivity index (χ1) is 20.0. The van der Waals surface area contributed by atoms with Gasteiger partial charge >= 0.3 is 0 Å². The summed E-state index contributed by atoms with van der Waals surface area (Å²) < 4.78 is 27.2. The van der Waals surface area contributed by atoms with Gasteiger partial charge in [-0.2, -0.15) is 0 Å². The molecule has 1 fully saturated rings. The first-order valence-electron chi connectivity index (χ1n) is 14.4. The van der Waals surface area contributed by atoms with E-state index >= 15 is 0 Å². The zero-order valence-electron chi connectivity index (χ0n) is 24.6. The summed E-state index contributed by atoms with van der Waals surface area (Å²) in [6.45, 7) is 3.43. The Kier molecular flexibility index (Phi) is 10.7. The second kappa shape index (κ2) is 14.2. The predicted octanol–water partition coefficient (Wildman–Crippen LogP) is 5.81. The summed E-state index contributed by atoms with van der Waals surface area (Å²) in [4.78, 5) is 29.9. The Balaban J connectivity index is 1.75. The van der Waals surface area contributed by atoms with Crippen molar-refractivity contribution >= 4 is 39.1 Å². The van der Waals surface area contributed by atoms with Crippen molar-refractivity contribution < 1.29 is 18.0 Å². The Hall–Kier alpha value is -3.36. The maximum absolute atomic E-state index is 14.3. The van der Waals surface area contributed by atoms with Crippen LogP contribution in [0.1, 0.15) is 54.4 Å². The molecule has 0 aliphatic heterocycles. The smallest absolute Gasteiger partial charge is 0.244 e. The van der Waals surface area contributed by atoms with E-state index in [1.165, 1.54) is 0 Å². The van der Waals surface area contributed by atoms with Crippen molar-refractivity contribution in [3.05, 3.63) is 100 Å². The number of aryl methyl sites for hydroxylation is 2. The molecule has 1 N–H and O–H groups in total. The lowest BCUT2D eigenvalue weighted by atomic mass is 9.94. The second-order valence-corrected chi connectivity index (χ2v) is 13.5. The monoisotopic (exact) mass is 609 g/mol. The number of carbonyl (C=O) groups excluding carboxylic acids is 2. The minimum absolute atomic E-state index is 0.0570. The first-order valence-corrected chi connectivity index (χ1v) is 16.7. The molecule has 224 valence electrons. The fourth-order valence-electron chi connectivity index (χ4n) is 5.52. The predicted molar refractivity (Wildman–Crippen MR) is 169 cm³/mol. The highest BCUT2D eigenvalue weighted by Gasteiger charge is 2.34. The summed E-state index contributed by atoms with van der Waals surface area (Å²) in [6, 6.07) is 21.5. The van der Waals surface area contributed by atoms with Crippen LogP contribution in [0, 0.1) is 13.8 Å². The molecular formula is C33H40ClN3O4S. The first kappa shape index (κ1) is 31.6. The third-order valence-corrected chi connectivity index (χ3v) is 9.31. The molecule has 0 bridgehead atoms. The zero-order valence-corrected chi connectivity index (χ0v) is 26.1. The number of hydrogen-bond acceptors (Lipinski definition) is 4. The van der Waals surface area contributed by atoms with Crippen LogP contribution in [-0.4, -0.2) is 50.0 Å². The molecule has 1 aliphatic rings. The summed E-state index contributed by atoms with van der Waals surface area (Å²) >= 11 is 6.24. The second-order valence-electron chi connectivity index (χ2n) is 11.2. The molecule has 0 spiro atoms. The average Bonchev–Trinajstić information content (AvgIpc) is 2.96. The Bertz CT molecular complexity index is 1490. The van der Waals surface area contributed by atoms with Gasteiger partial charge in [0.15, 0.2) is 0 Å². The highest BCUT2D eigenvalue weighted by molar-refractivity contribution is 7.92. The van der Waals surface area contributed by atoms with Crippen LogP contribution in [0.25, 0.3) is 0 Å². The lowest BCUT2D eigenvalue weighted by Gasteiger charge is -2.35. The van der Waals surface area contributed by atoms with E-state index in [-0.39, 0.29) is 18.5 Å². The van der Waals surface area contributed by atoms with Gasteiger partial charge in [-0.25, -0.2) is 8.42 Å². The van der Waals surface area contributed by atoms with E-state index < -0.39 is 28.5 Å². The molecule has 42 heavy (non-hydrogen) atoms. The van der Waals surface area contributed by atoms with Crippen molar-refractivity contribution in [2.24, 2.45) is 0 Å². The normalized spacial score (nSPS) is 14.7. The number of rotatable bonds is 11. The summed E-state index contributed by atoms with van der Waals surface area (Å²) in [5.41, 5.74) is 3.78. The fourth-order valence-corrected chi connectivity index (χ4v) is 6.58. The maximum atomic E-state index is 14.3. The fraction of sp³-hybridized carbons (Fsp3) is 0.394. The van der Waals surface area contributed by atoms with Gasteiger partial charge in [0.05, 0.1) is 11.9 Å². The number of carbonyl (C=O) groups is 2. The van der Waals surface area contributed by atoms with Gasteiger partial charge in [-0.3, -0.25) is 13.9 Å². The van der Waals surface area contributed by atoms with Crippen LogP contribution in [0.4, 0.5) is 5.69 Å². The zero-order chi connectivity index (χ0) is 30.3. The van der Waals surface area contributed by atoms with Crippen LogP contribution < -0.4 is 9.62 Å². The van der Waals surface area contributed by atoms with Gasteiger partial charge in [-0.05, 0) is 61.1 Å². The van der Waals surface area contributed by atoms with Crippen LogP contribution in [0.3, 0.4) is 0 Å². The topological polar surface area (TPSA) is 86.8 Å². The summed E-state index contributed by atoms with van der Waals surface area (Å²) in [5.74, 6) is -0.694. The van der Waals surface area contributed by atoms with Gasteiger partial charge in [0, 0.05) is 24.0 Å². The van der Waals surface area contributed by atoms with E-state index in [4.69, 9.17) is 11.6 Å². The minimum atomic E-state index is -3.87. The lowest BCUT2D eigenvalue weighted by molar-refractivity contribution is -0.140. The van der Waals surface area contributed by atoms with E-state index in [1.54, 1.807) is 30.0 Å². The number of halogens is 1. The van der Waals surface area contributed by atoms with Gasteiger partial charge in [-0.1, -0.05) is 91.5 Å². The van der Waals surface area contributed by atoms with Crippen molar-refractivity contribution in [2.45, 2.75) is 71.0 Å². The molecule has 3 aromatic rings. The minimum Gasteiger partial charge on any atom is -0.352 e. The molecule has 3 aromatic carbocycles. The molecule has 9 heteroatoms. The van der Waals surface area contributed by atoms with Crippen LogP contribution in [0.2, 0.25) is 5.02 Å². The molecule has 4 rings (SSSR count). The molecule has 2 amide bonds. The molecule has 0 saturated heterocycles. The van der Waals surface area contributed by atoms with Gasteiger partial charge in [0.2, 0.25) is 21.8 Å². The van der Waals surface area contributed by atoms with Gasteiger partial charge < -0.3 is 10.2 Å². The molecule has 7 nitrogen and oxygen atoms in total. The van der Waals surface area contributed by atoms with E-state index in [2.05, 4.69) is 5.32 Å². The van der Waals surface area contributed by atoms with Crippen LogP contribution >= 0.6 is 11.6 Å². The van der Waals surface area contributed by atoms with Gasteiger partial charge in [-0.15, -0.1) is 0 Å². The SMILES string of the molecule is Cc1ccccc1CN(C(=O)CN(c1cc(Cl)ccc1C)S(C)(=O)=O)C(Cc1ccccc1)C(=O)NC1CCCCC1. The number of hydrogen-bond donors (Lipinski definition) is 1. The maximum Gasteiger partial charge on any atom is 0.244 e. The number of sulfonamides is 1. The molecule has 0 aromatic heterocycles. The number of nitrogens with zero attached hydrogens (tertiary/aromatic N) is 2. The Morgan fingerprint density at radius 1 is 0.929 bits per heavy atom. The molecule has 1 saturated carbocycles. The summed E-state index contributed by atoms with van der Waals surface area (Å²) in [5, 5.41) is 3.59. The average molecular weight is 610 g/mol. The van der Waals surface area contributed by atoms with Crippen molar-refractivity contribution in [2.75, 3.05) is 17.1 Å². The summed E-state index contributed by atoms with van der Waals surface area (Å²) in [6.07, 6.45) is 6.46. The molecule has 0 radical (unpaired) electrons.